The second-order valence-corrected chi connectivity index (χ2v) is 8.60. The van der Waals surface area contributed by atoms with Crippen molar-refractivity contribution in [3.63, 3.8) is 0 Å². The van der Waals surface area contributed by atoms with Crippen molar-refractivity contribution in [1.29, 1.82) is 0 Å². The number of rotatable bonds is 6. The normalized spacial score (nSPS) is 17.6. The first kappa shape index (κ1) is 19.8. The molecule has 0 spiro atoms. The summed E-state index contributed by atoms with van der Waals surface area (Å²) in [4.78, 5) is 33.8. The van der Waals surface area contributed by atoms with Gasteiger partial charge in [-0.2, -0.15) is 0 Å². The highest BCUT2D eigenvalue weighted by Gasteiger charge is 2.24. The molecule has 0 atom stereocenters. The molecular formula is C21H27N5O2S. The maximum absolute atomic E-state index is 12.5. The minimum absolute atomic E-state index is 0.0525. The number of anilines is 2. The third-order valence-electron chi connectivity index (χ3n) is 5.15. The summed E-state index contributed by atoms with van der Waals surface area (Å²) >= 11 is 1.68. The first-order chi connectivity index (χ1) is 14.1. The Morgan fingerprint density at radius 3 is 2.83 bits per heavy atom. The van der Waals surface area contributed by atoms with Crippen molar-refractivity contribution in [2.45, 2.75) is 32.2 Å². The van der Waals surface area contributed by atoms with Gasteiger partial charge in [-0.3, -0.25) is 14.5 Å². The molecule has 1 aromatic carbocycles. The highest BCUT2D eigenvalue weighted by Crippen LogP contribution is 2.22. The van der Waals surface area contributed by atoms with E-state index in [0.29, 0.717) is 23.8 Å². The monoisotopic (exact) mass is 413 g/mol. The molecule has 2 amide bonds. The lowest BCUT2D eigenvalue weighted by Gasteiger charge is -2.21. The fraction of sp³-hybridized carbons (Fsp3) is 0.476. The van der Waals surface area contributed by atoms with Crippen LogP contribution >= 0.6 is 11.3 Å². The van der Waals surface area contributed by atoms with Gasteiger partial charge in [0.15, 0.2) is 5.13 Å². The molecule has 1 saturated heterocycles. The van der Waals surface area contributed by atoms with Gasteiger partial charge in [0.05, 0.1) is 12.2 Å². The summed E-state index contributed by atoms with van der Waals surface area (Å²) in [5, 5.41) is 9.05. The quantitative estimate of drug-likeness (QED) is 0.761. The topological polar surface area (TPSA) is 77.6 Å². The van der Waals surface area contributed by atoms with E-state index in [-0.39, 0.29) is 11.8 Å². The van der Waals surface area contributed by atoms with Gasteiger partial charge in [-0.15, -0.1) is 11.3 Å². The average Bonchev–Trinajstić information content (AvgIpc) is 3.45. The Morgan fingerprint density at radius 2 is 2.07 bits per heavy atom. The Kier molecular flexibility index (Phi) is 6.10. The van der Waals surface area contributed by atoms with E-state index >= 15 is 0 Å². The largest absolute Gasteiger partial charge is 0.349 e. The third-order valence-corrected chi connectivity index (χ3v) is 6.17. The first-order valence-electron chi connectivity index (χ1n) is 10.2. The number of hydrogen-bond donors (Lipinski definition) is 2. The van der Waals surface area contributed by atoms with Gasteiger partial charge in [-0.1, -0.05) is 6.07 Å². The summed E-state index contributed by atoms with van der Waals surface area (Å²) in [6.07, 6.45) is 3.11. The maximum atomic E-state index is 12.5. The predicted molar refractivity (Wildman–Crippen MR) is 116 cm³/mol. The Bertz CT molecular complexity index is 879. The number of carbonyl (C=O) groups excluding carboxylic acids is 2. The van der Waals surface area contributed by atoms with Crippen LogP contribution in [0.25, 0.3) is 0 Å². The van der Waals surface area contributed by atoms with Gasteiger partial charge in [-0.25, -0.2) is 4.98 Å². The smallest absolute Gasteiger partial charge is 0.251 e. The van der Waals surface area contributed by atoms with Gasteiger partial charge in [0.1, 0.15) is 0 Å². The summed E-state index contributed by atoms with van der Waals surface area (Å²) in [5.74, 6) is -0.128. The van der Waals surface area contributed by atoms with Crippen LogP contribution in [0.2, 0.25) is 0 Å². The summed E-state index contributed by atoms with van der Waals surface area (Å²) in [7, 11) is 0. The zero-order chi connectivity index (χ0) is 20.2. The molecule has 4 rings (SSSR count). The molecule has 1 aromatic heterocycles. The lowest BCUT2D eigenvalue weighted by Crippen LogP contribution is -2.36. The molecular weight excluding hydrogens is 386 g/mol. The van der Waals surface area contributed by atoms with Crippen LogP contribution in [0.5, 0.6) is 0 Å². The van der Waals surface area contributed by atoms with Gasteiger partial charge in [0, 0.05) is 48.9 Å². The van der Waals surface area contributed by atoms with Gasteiger partial charge in [0.25, 0.3) is 5.91 Å². The van der Waals surface area contributed by atoms with Crippen molar-refractivity contribution in [2.75, 3.05) is 42.9 Å². The number of aromatic nitrogens is 1. The lowest BCUT2D eigenvalue weighted by molar-refractivity contribution is -0.117. The Balaban J connectivity index is 1.28. The number of carbonyl (C=O) groups is 2. The molecule has 8 heteroatoms. The molecule has 1 aliphatic heterocycles. The number of nitrogens with one attached hydrogen (secondary N) is 2. The number of nitrogens with zero attached hydrogens (tertiary/aromatic N) is 3. The predicted octanol–water partition coefficient (Wildman–Crippen LogP) is 2.49. The Morgan fingerprint density at radius 1 is 1.21 bits per heavy atom. The molecule has 2 fully saturated rings. The van der Waals surface area contributed by atoms with Crippen molar-refractivity contribution in [1.82, 2.24) is 15.2 Å². The van der Waals surface area contributed by atoms with E-state index in [2.05, 4.69) is 30.8 Å². The Hall–Kier alpha value is -2.45. The standard InChI is InChI=1S/C21H27N5O2S/c1-15-14-29-21(22-15)26-9-3-8-25(10-11-26)13-19(27)23-18-5-2-4-16(12-18)20(28)24-17-6-7-17/h2,4-5,12,14,17H,3,6-11,13H2,1H3,(H,23,27)(H,24,28). The number of thiazole rings is 1. The van der Waals surface area contributed by atoms with Crippen LogP contribution < -0.4 is 15.5 Å². The summed E-state index contributed by atoms with van der Waals surface area (Å²) in [6, 6.07) is 7.45. The molecule has 1 aliphatic carbocycles. The van der Waals surface area contributed by atoms with Crippen LogP contribution in [0, 0.1) is 6.92 Å². The van der Waals surface area contributed by atoms with Crippen molar-refractivity contribution in [3.8, 4) is 0 Å². The van der Waals surface area contributed by atoms with Crippen LogP contribution in [-0.4, -0.2) is 60.5 Å². The van der Waals surface area contributed by atoms with Gasteiger partial charge >= 0.3 is 0 Å². The van der Waals surface area contributed by atoms with Crippen molar-refractivity contribution < 1.29 is 9.59 Å². The van der Waals surface area contributed by atoms with Crippen LogP contribution in [0.3, 0.4) is 0 Å². The summed E-state index contributed by atoms with van der Waals surface area (Å²) < 4.78 is 0. The number of benzene rings is 1. The second-order valence-electron chi connectivity index (χ2n) is 7.76. The molecule has 1 saturated carbocycles. The highest BCUT2D eigenvalue weighted by atomic mass is 32.1. The molecule has 2 aliphatic rings. The van der Waals surface area contributed by atoms with Crippen LogP contribution in [0.4, 0.5) is 10.8 Å². The fourth-order valence-corrected chi connectivity index (χ4v) is 4.30. The molecule has 2 N–H and O–H groups in total. The van der Waals surface area contributed by atoms with E-state index in [0.717, 1.165) is 56.3 Å². The van der Waals surface area contributed by atoms with E-state index in [1.807, 2.05) is 13.0 Å². The van der Waals surface area contributed by atoms with Crippen molar-refractivity contribution >= 4 is 34.0 Å². The van der Waals surface area contributed by atoms with E-state index in [1.165, 1.54) is 0 Å². The molecule has 0 bridgehead atoms. The molecule has 2 heterocycles. The molecule has 0 unspecified atom stereocenters. The van der Waals surface area contributed by atoms with Crippen LogP contribution in [0.1, 0.15) is 35.3 Å². The molecule has 7 nitrogen and oxygen atoms in total. The molecule has 2 aromatic rings. The molecule has 0 radical (unpaired) electrons. The number of aryl methyl sites for hydroxylation is 1. The summed E-state index contributed by atoms with van der Waals surface area (Å²) in [6.45, 7) is 5.91. The SMILES string of the molecule is Cc1csc(N2CCCN(CC(=O)Nc3cccc(C(=O)NC4CC4)c3)CC2)n1. The van der Waals surface area contributed by atoms with Gasteiger partial charge in [0.2, 0.25) is 5.91 Å². The Labute approximate surface area is 175 Å². The van der Waals surface area contributed by atoms with Crippen LogP contribution in [-0.2, 0) is 4.79 Å². The minimum Gasteiger partial charge on any atom is -0.349 e. The van der Waals surface area contributed by atoms with Crippen molar-refractivity contribution in [3.05, 3.63) is 40.9 Å². The number of amides is 2. The zero-order valence-corrected chi connectivity index (χ0v) is 17.5. The van der Waals surface area contributed by atoms with E-state index in [1.54, 1.807) is 29.5 Å². The molecule has 154 valence electrons. The average molecular weight is 414 g/mol. The van der Waals surface area contributed by atoms with Gasteiger partial charge in [-0.05, 0) is 44.4 Å². The second kappa shape index (κ2) is 8.92. The van der Waals surface area contributed by atoms with Crippen LogP contribution in [0.15, 0.2) is 29.6 Å². The fourth-order valence-electron chi connectivity index (χ4n) is 3.45. The third kappa shape index (κ3) is 5.55. The van der Waals surface area contributed by atoms with E-state index < -0.39 is 0 Å². The summed E-state index contributed by atoms with van der Waals surface area (Å²) in [5.41, 5.74) is 2.30. The zero-order valence-electron chi connectivity index (χ0n) is 16.7. The first-order valence-corrected chi connectivity index (χ1v) is 11.0. The maximum Gasteiger partial charge on any atom is 0.251 e. The highest BCUT2D eigenvalue weighted by molar-refractivity contribution is 7.13. The van der Waals surface area contributed by atoms with E-state index in [4.69, 9.17) is 0 Å². The number of hydrogen-bond acceptors (Lipinski definition) is 6. The minimum atomic E-state index is -0.0753. The van der Waals surface area contributed by atoms with Gasteiger partial charge < -0.3 is 15.5 Å². The molecule has 29 heavy (non-hydrogen) atoms. The van der Waals surface area contributed by atoms with E-state index in [9.17, 15) is 9.59 Å². The lowest BCUT2D eigenvalue weighted by atomic mass is 10.2. The van der Waals surface area contributed by atoms with Crippen molar-refractivity contribution in [2.24, 2.45) is 0 Å².